The highest BCUT2D eigenvalue weighted by molar-refractivity contribution is 5.58. The highest BCUT2D eigenvalue weighted by Crippen LogP contribution is 2.35. The average molecular weight is 338 g/mol. The Labute approximate surface area is 139 Å². The van der Waals surface area contributed by atoms with Crippen molar-refractivity contribution >= 4 is 11.6 Å². The molecule has 4 nitrogen and oxygen atoms in total. The van der Waals surface area contributed by atoms with E-state index in [1.54, 1.807) is 18.0 Å². The van der Waals surface area contributed by atoms with Gasteiger partial charge in [0.15, 0.2) is 0 Å². The summed E-state index contributed by atoms with van der Waals surface area (Å²) < 4.78 is 40.6. The molecule has 1 heterocycles. The number of halogens is 3. The smallest absolute Gasteiger partial charge is 0.314 e. The van der Waals surface area contributed by atoms with Crippen molar-refractivity contribution in [3.63, 3.8) is 0 Å². The molecule has 0 spiro atoms. The Hall–Kier alpha value is -2.05. The van der Waals surface area contributed by atoms with Gasteiger partial charge in [-0.2, -0.15) is 13.2 Å². The molecular weight excluding hydrogens is 317 g/mol. The SMILES string of the molecule is CN(c1cccc(C(F)(F)F)c1)c1nnc(C2CCCCC2)n1C. The number of nitrogens with zero attached hydrogens (tertiary/aromatic N) is 4. The highest BCUT2D eigenvalue weighted by atomic mass is 19.4. The molecule has 1 aromatic heterocycles. The number of hydrogen-bond donors (Lipinski definition) is 0. The van der Waals surface area contributed by atoms with Crippen molar-refractivity contribution in [2.75, 3.05) is 11.9 Å². The van der Waals surface area contributed by atoms with Gasteiger partial charge in [-0.15, -0.1) is 10.2 Å². The Morgan fingerprint density at radius 1 is 1.12 bits per heavy atom. The van der Waals surface area contributed by atoms with Crippen LogP contribution in [0.2, 0.25) is 0 Å². The Kier molecular flexibility index (Phi) is 4.51. The summed E-state index contributed by atoms with van der Waals surface area (Å²) in [5.41, 5.74) is -0.225. The van der Waals surface area contributed by atoms with Gasteiger partial charge in [-0.05, 0) is 31.0 Å². The van der Waals surface area contributed by atoms with E-state index < -0.39 is 11.7 Å². The fourth-order valence-electron chi connectivity index (χ4n) is 3.35. The Bertz CT molecular complexity index is 702. The van der Waals surface area contributed by atoms with Crippen LogP contribution in [0.3, 0.4) is 0 Å². The van der Waals surface area contributed by atoms with Gasteiger partial charge in [0.2, 0.25) is 5.95 Å². The van der Waals surface area contributed by atoms with Crippen LogP contribution in [0.5, 0.6) is 0 Å². The van der Waals surface area contributed by atoms with Crippen molar-refractivity contribution in [2.45, 2.75) is 44.2 Å². The lowest BCUT2D eigenvalue weighted by Gasteiger charge is -2.22. The molecule has 0 aliphatic heterocycles. The minimum atomic E-state index is -4.36. The molecule has 1 fully saturated rings. The molecule has 1 saturated carbocycles. The number of alkyl halides is 3. The maximum Gasteiger partial charge on any atom is 0.416 e. The summed E-state index contributed by atoms with van der Waals surface area (Å²) >= 11 is 0. The normalized spacial score (nSPS) is 16.4. The van der Waals surface area contributed by atoms with Gasteiger partial charge in [0.25, 0.3) is 0 Å². The highest BCUT2D eigenvalue weighted by Gasteiger charge is 2.31. The van der Waals surface area contributed by atoms with E-state index in [0.717, 1.165) is 30.8 Å². The maximum atomic E-state index is 12.9. The lowest BCUT2D eigenvalue weighted by atomic mass is 9.89. The van der Waals surface area contributed by atoms with Crippen molar-refractivity contribution in [1.29, 1.82) is 0 Å². The van der Waals surface area contributed by atoms with E-state index in [4.69, 9.17) is 0 Å². The third kappa shape index (κ3) is 3.25. The molecule has 0 amide bonds. The van der Waals surface area contributed by atoms with Gasteiger partial charge in [0.05, 0.1) is 5.56 Å². The molecule has 130 valence electrons. The molecule has 24 heavy (non-hydrogen) atoms. The van der Waals surface area contributed by atoms with Gasteiger partial charge in [-0.25, -0.2) is 0 Å². The van der Waals surface area contributed by atoms with Crippen LogP contribution >= 0.6 is 0 Å². The molecule has 2 aromatic rings. The van der Waals surface area contributed by atoms with E-state index in [1.807, 2.05) is 11.6 Å². The standard InChI is InChI=1S/C17H21F3N4/c1-23(14-10-6-9-13(11-14)17(18,19)20)16-22-21-15(24(16)2)12-7-4-3-5-8-12/h6,9-12H,3-5,7-8H2,1-2H3. The lowest BCUT2D eigenvalue weighted by molar-refractivity contribution is -0.137. The van der Waals surface area contributed by atoms with Gasteiger partial charge in [-0.1, -0.05) is 25.3 Å². The number of anilines is 2. The number of rotatable bonds is 3. The predicted octanol–water partition coefficient (Wildman–Crippen LogP) is 4.65. The summed E-state index contributed by atoms with van der Waals surface area (Å²) in [5.74, 6) is 1.86. The summed E-state index contributed by atoms with van der Waals surface area (Å²) in [7, 11) is 3.59. The summed E-state index contributed by atoms with van der Waals surface area (Å²) in [6.45, 7) is 0. The Morgan fingerprint density at radius 2 is 1.83 bits per heavy atom. The van der Waals surface area contributed by atoms with Crippen molar-refractivity contribution in [3.05, 3.63) is 35.7 Å². The van der Waals surface area contributed by atoms with Crippen LogP contribution in [0, 0.1) is 0 Å². The summed E-state index contributed by atoms with van der Waals surface area (Å²) in [4.78, 5) is 1.65. The van der Waals surface area contributed by atoms with E-state index >= 15 is 0 Å². The van der Waals surface area contributed by atoms with Crippen LogP contribution in [0.4, 0.5) is 24.8 Å². The summed E-state index contributed by atoms with van der Waals surface area (Å²) in [6, 6.07) is 5.26. The largest absolute Gasteiger partial charge is 0.416 e. The average Bonchev–Trinajstić information content (AvgIpc) is 2.96. The minimum absolute atomic E-state index is 0.389. The topological polar surface area (TPSA) is 34.0 Å². The van der Waals surface area contributed by atoms with Crippen molar-refractivity contribution in [2.24, 2.45) is 7.05 Å². The van der Waals surface area contributed by atoms with Crippen LogP contribution in [0.25, 0.3) is 0 Å². The van der Waals surface area contributed by atoms with Gasteiger partial charge in [0, 0.05) is 25.7 Å². The number of hydrogen-bond acceptors (Lipinski definition) is 3. The molecule has 0 N–H and O–H groups in total. The summed E-state index contributed by atoms with van der Waals surface area (Å²) in [6.07, 6.45) is 1.47. The summed E-state index contributed by atoms with van der Waals surface area (Å²) in [5, 5.41) is 8.52. The Morgan fingerprint density at radius 3 is 2.50 bits per heavy atom. The van der Waals surface area contributed by atoms with Crippen molar-refractivity contribution < 1.29 is 13.2 Å². The van der Waals surface area contributed by atoms with Gasteiger partial charge in [-0.3, -0.25) is 4.57 Å². The second-order valence-electron chi connectivity index (χ2n) is 6.36. The first-order chi connectivity index (χ1) is 11.4. The van der Waals surface area contributed by atoms with E-state index in [1.165, 1.54) is 25.3 Å². The van der Waals surface area contributed by atoms with Crippen LogP contribution < -0.4 is 4.90 Å². The molecule has 0 bridgehead atoms. The van der Waals surface area contributed by atoms with Gasteiger partial charge >= 0.3 is 6.18 Å². The molecule has 1 aliphatic carbocycles. The fraction of sp³-hybridized carbons (Fsp3) is 0.529. The molecule has 0 radical (unpaired) electrons. The minimum Gasteiger partial charge on any atom is -0.314 e. The molecule has 0 atom stereocenters. The van der Waals surface area contributed by atoms with E-state index in [-0.39, 0.29) is 0 Å². The predicted molar refractivity (Wildman–Crippen MR) is 86.3 cm³/mol. The molecular formula is C17H21F3N4. The van der Waals surface area contributed by atoms with E-state index in [2.05, 4.69) is 10.2 Å². The third-order valence-electron chi connectivity index (χ3n) is 4.72. The first-order valence-electron chi connectivity index (χ1n) is 8.18. The zero-order chi connectivity index (χ0) is 17.3. The molecule has 0 unspecified atom stereocenters. The number of benzene rings is 1. The van der Waals surface area contributed by atoms with Crippen LogP contribution in [0.1, 0.15) is 49.4 Å². The molecule has 1 aliphatic rings. The van der Waals surface area contributed by atoms with E-state index in [0.29, 0.717) is 17.6 Å². The Balaban J connectivity index is 1.88. The molecule has 7 heteroatoms. The maximum absolute atomic E-state index is 12.9. The second kappa shape index (κ2) is 6.45. The lowest BCUT2D eigenvalue weighted by Crippen LogP contribution is -2.17. The fourth-order valence-corrected chi connectivity index (χ4v) is 3.35. The quantitative estimate of drug-likeness (QED) is 0.817. The monoisotopic (exact) mass is 338 g/mol. The zero-order valence-corrected chi connectivity index (χ0v) is 13.8. The molecule has 3 rings (SSSR count). The van der Waals surface area contributed by atoms with Crippen molar-refractivity contribution in [3.8, 4) is 0 Å². The number of aromatic nitrogens is 3. The van der Waals surface area contributed by atoms with Gasteiger partial charge < -0.3 is 4.90 Å². The van der Waals surface area contributed by atoms with Crippen molar-refractivity contribution in [1.82, 2.24) is 14.8 Å². The van der Waals surface area contributed by atoms with Crippen LogP contribution in [0.15, 0.2) is 24.3 Å². The third-order valence-corrected chi connectivity index (χ3v) is 4.72. The first kappa shape index (κ1) is 16.8. The second-order valence-corrected chi connectivity index (χ2v) is 6.36. The van der Waals surface area contributed by atoms with Crippen LogP contribution in [-0.2, 0) is 13.2 Å². The first-order valence-corrected chi connectivity index (χ1v) is 8.18. The van der Waals surface area contributed by atoms with Crippen LogP contribution in [-0.4, -0.2) is 21.8 Å². The van der Waals surface area contributed by atoms with E-state index in [9.17, 15) is 13.2 Å². The zero-order valence-electron chi connectivity index (χ0n) is 13.8. The molecule has 1 aromatic carbocycles. The molecule has 0 saturated heterocycles. The van der Waals surface area contributed by atoms with Gasteiger partial charge in [0.1, 0.15) is 5.82 Å².